The third kappa shape index (κ3) is 8.92. The number of amides is 2. The Morgan fingerprint density at radius 3 is 2.45 bits per heavy atom. The normalized spacial score (nSPS) is 11.2. The minimum atomic E-state index is -1.05. The fraction of sp³-hybridized carbons (Fsp3) is 0.400. The molecule has 0 saturated carbocycles. The third-order valence-electron chi connectivity index (χ3n) is 5.20. The van der Waals surface area contributed by atoms with Crippen LogP contribution in [0.15, 0.2) is 42.5 Å². The molecule has 33 heavy (non-hydrogen) atoms. The molecule has 0 radical (unpaired) electrons. The molecule has 0 spiro atoms. The summed E-state index contributed by atoms with van der Waals surface area (Å²) in [6.07, 6.45) is 4.40. The van der Waals surface area contributed by atoms with E-state index in [9.17, 15) is 19.5 Å². The average Bonchev–Trinajstić information content (AvgIpc) is 2.76. The van der Waals surface area contributed by atoms with Gasteiger partial charge in [-0.05, 0) is 66.2 Å². The van der Waals surface area contributed by atoms with Gasteiger partial charge in [0.25, 0.3) is 5.91 Å². The van der Waals surface area contributed by atoms with Crippen molar-refractivity contribution in [2.75, 3.05) is 18.6 Å². The van der Waals surface area contributed by atoms with Crippen molar-refractivity contribution >= 4 is 48.4 Å². The number of carboxylic acid groups (broad SMARTS) is 1. The predicted octanol–water partition coefficient (Wildman–Crippen LogP) is 3.41. The van der Waals surface area contributed by atoms with E-state index in [-0.39, 0.29) is 31.2 Å². The zero-order valence-corrected chi connectivity index (χ0v) is 19.8. The quantitative estimate of drug-likeness (QED) is 0.331. The molecule has 1 atom stereocenters. The number of rotatable bonds is 12. The summed E-state index contributed by atoms with van der Waals surface area (Å²) in [5.41, 5.74) is 3.74. The molecule has 174 valence electrons. The number of hydrogen-bond acceptors (Lipinski definition) is 4. The number of carbonyl (C=O) groups is 3. The molecule has 0 aromatic heterocycles. The van der Waals surface area contributed by atoms with Crippen LogP contribution in [0, 0.1) is 6.92 Å². The fourth-order valence-corrected chi connectivity index (χ4v) is 3.85. The molecule has 0 aliphatic rings. The van der Waals surface area contributed by atoms with Gasteiger partial charge in [-0.1, -0.05) is 43.7 Å². The number of nitrogens with one attached hydrogen (secondary N) is 2. The first-order valence-corrected chi connectivity index (χ1v) is 12.2. The Morgan fingerprint density at radius 2 is 1.82 bits per heavy atom. The van der Waals surface area contributed by atoms with Crippen LogP contribution >= 0.6 is 11.8 Å². The molecule has 0 unspecified atom stereocenters. The molecule has 2 aromatic carbocycles. The van der Waals surface area contributed by atoms with E-state index in [1.165, 1.54) is 11.8 Å². The summed E-state index contributed by atoms with van der Waals surface area (Å²) in [5, 5.41) is 15.1. The van der Waals surface area contributed by atoms with E-state index in [1.54, 1.807) is 12.1 Å². The van der Waals surface area contributed by atoms with Crippen molar-refractivity contribution in [2.24, 2.45) is 0 Å². The number of thioether (sulfide) groups is 1. The summed E-state index contributed by atoms with van der Waals surface area (Å²) in [7, 11) is 0. The van der Waals surface area contributed by atoms with Crippen LogP contribution in [-0.2, 0) is 16.0 Å². The van der Waals surface area contributed by atoms with Crippen LogP contribution in [0.3, 0.4) is 0 Å². The number of aryl methyl sites for hydroxylation is 1. The molecule has 3 N–H and O–H groups in total. The van der Waals surface area contributed by atoms with E-state index >= 15 is 0 Å². The van der Waals surface area contributed by atoms with Crippen molar-refractivity contribution in [1.82, 2.24) is 10.6 Å². The van der Waals surface area contributed by atoms with E-state index in [4.69, 9.17) is 0 Å². The van der Waals surface area contributed by atoms with Crippen molar-refractivity contribution in [3.8, 4) is 11.1 Å². The second-order valence-corrected chi connectivity index (χ2v) is 8.71. The molecule has 8 heteroatoms. The molecule has 0 fully saturated rings. The maximum absolute atomic E-state index is 13.1. The molecule has 2 rings (SSSR count). The minimum absolute atomic E-state index is 0. The Kier molecular flexibility index (Phi) is 13.0. The Bertz CT molecular complexity index is 952. The van der Waals surface area contributed by atoms with Crippen LogP contribution < -0.4 is 10.6 Å². The van der Waals surface area contributed by atoms with Gasteiger partial charge in [0.1, 0.15) is 6.04 Å². The summed E-state index contributed by atoms with van der Waals surface area (Å²) >= 11 is 1.53. The zero-order valence-electron chi connectivity index (χ0n) is 18.9. The third-order valence-corrected chi connectivity index (χ3v) is 5.84. The van der Waals surface area contributed by atoms with Crippen molar-refractivity contribution in [3.63, 3.8) is 0 Å². The Balaban J connectivity index is 0.00000544. The molecule has 0 aliphatic carbocycles. The van der Waals surface area contributed by atoms with Crippen LogP contribution in [0.5, 0.6) is 0 Å². The van der Waals surface area contributed by atoms with Crippen LogP contribution in [-0.4, -0.2) is 66.3 Å². The topological polar surface area (TPSA) is 95.5 Å². The van der Waals surface area contributed by atoms with Gasteiger partial charge in [0, 0.05) is 12.1 Å². The van der Waals surface area contributed by atoms with Crippen LogP contribution in [0.2, 0.25) is 0 Å². The number of carbonyl (C=O) groups excluding carboxylic acids is 2. The molecule has 0 aliphatic heterocycles. The molecule has 0 saturated heterocycles. The number of unbranched alkanes of at least 4 members (excludes halogenated alkanes) is 1. The van der Waals surface area contributed by atoms with E-state index in [1.807, 2.05) is 43.5 Å². The summed E-state index contributed by atoms with van der Waals surface area (Å²) in [6, 6.07) is 12.0. The number of carboxylic acids is 1. The summed E-state index contributed by atoms with van der Waals surface area (Å²) in [6.45, 7) is 4.67. The van der Waals surface area contributed by atoms with E-state index in [0.29, 0.717) is 29.8 Å². The second kappa shape index (κ2) is 14.8. The molecular formula is C25H33LiN2O4S. The molecule has 2 amide bonds. The van der Waals surface area contributed by atoms with Gasteiger partial charge < -0.3 is 15.7 Å². The summed E-state index contributed by atoms with van der Waals surface area (Å²) < 4.78 is 0. The van der Waals surface area contributed by atoms with Crippen molar-refractivity contribution in [1.29, 1.82) is 0 Å². The Hall–Kier alpha value is -2.20. The standard InChI is InChI=1S/C25H32N2O4S.Li.H/c1-4-5-13-26-23(28)16-18-10-11-20(21(15-18)19-9-7-6-8-17(19)2)24(29)27-22(25(30)31)12-14-32-3;;/h6-11,15,22H,4-5,12-14,16H2,1-3H3,(H,26,28)(H,27,29)(H,30,31);;/t22-;;/m0../s1. The van der Waals surface area contributed by atoms with Gasteiger partial charge in [0.2, 0.25) is 5.91 Å². The summed E-state index contributed by atoms with van der Waals surface area (Å²) in [4.78, 5) is 37.0. The van der Waals surface area contributed by atoms with Crippen LogP contribution in [0.1, 0.15) is 47.7 Å². The molecule has 6 nitrogen and oxygen atoms in total. The number of hydrogen-bond donors (Lipinski definition) is 3. The van der Waals surface area contributed by atoms with Gasteiger partial charge >= 0.3 is 24.8 Å². The Labute approximate surface area is 212 Å². The fourth-order valence-electron chi connectivity index (χ4n) is 3.38. The molecule has 0 heterocycles. The van der Waals surface area contributed by atoms with Gasteiger partial charge in [-0.15, -0.1) is 0 Å². The van der Waals surface area contributed by atoms with Crippen molar-refractivity contribution in [2.45, 2.75) is 45.6 Å². The van der Waals surface area contributed by atoms with Gasteiger partial charge in [-0.25, -0.2) is 4.79 Å². The second-order valence-electron chi connectivity index (χ2n) is 7.72. The molecular weight excluding hydrogens is 431 g/mol. The molecule has 2 aromatic rings. The van der Waals surface area contributed by atoms with E-state index in [0.717, 1.165) is 29.5 Å². The predicted molar refractivity (Wildman–Crippen MR) is 137 cm³/mol. The average molecular weight is 465 g/mol. The summed E-state index contributed by atoms with van der Waals surface area (Å²) in [5.74, 6) is -0.913. The molecule has 0 bridgehead atoms. The number of benzene rings is 2. The first-order valence-electron chi connectivity index (χ1n) is 10.9. The monoisotopic (exact) mass is 464 g/mol. The van der Waals surface area contributed by atoms with Gasteiger partial charge in [-0.3, -0.25) is 9.59 Å². The van der Waals surface area contributed by atoms with E-state index < -0.39 is 17.9 Å². The Morgan fingerprint density at radius 1 is 1.09 bits per heavy atom. The first-order chi connectivity index (χ1) is 15.4. The number of aliphatic carboxylic acids is 1. The van der Waals surface area contributed by atoms with Crippen molar-refractivity contribution < 1.29 is 19.5 Å². The SMILES string of the molecule is CCCCNC(=O)Cc1ccc(C(=O)N[C@@H](CCSC)C(=O)O)c(-c2ccccc2C)c1.[LiH]. The van der Waals surface area contributed by atoms with Gasteiger partial charge in [0.05, 0.1) is 6.42 Å². The van der Waals surface area contributed by atoms with Crippen molar-refractivity contribution in [3.05, 3.63) is 59.2 Å². The van der Waals surface area contributed by atoms with E-state index in [2.05, 4.69) is 17.6 Å². The first kappa shape index (κ1) is 28.8. The van der Waals surface area contributed by atoms with Gasteiger partial charge in [-0.2, -0.15) is 11.8 Å². The van der Waals surface area contributed by atoms with Gasteiger partial charge in [0.15, 0.2) is 0 Å². The zero-order chi connectivity index (χ0) is 23.5. The maximum atomic E-state index is 13.1. The van der Waals surface area contributed by atoms with Crippen LogP contribution in [0.4, 0.5) is 0 Å². The van der Waals surface area contributed by atoms with Crippen LogP contribution in [0.25, 0.3) is 11.1 Å².